The van der Waals surface area contributed by atoms with Crippen molar-refractivity contribution in [2.24, 2.45) is 0 Å². The molecule has 22 heavy (non-hydrogen) atoms. The molecular weight excluding hydrogens is 310 g/mol. The molecule has 118 valence electrons. The zero-order valence-electron chi connectivity index (χ0n) is 11.8. The van der Waals surface area contributed by atoms with Gasteiger partial charge in [-0.2, -0.15) is 0 Å². The average Bonchev–Trinajstić information content (AvgIpc) is 2.46. The van der Waals surface area contributed by atoms with Gasteiger partial charge in [0, 0.05) is 18.8 Å². The minimum Gasteiger partial charge on any atom is -0.367 e. The van der Waals surface area contributed by atoms with Crippen LogP contribution in [0.1, 0.15) is 0 Å². The molecule has 0 saturated carbocycles. The second-order valence-electron chi connectivity index (χ2n) is 4.31. The van der Waals surface area contributed by atoms with Crippen LogP contribution in [0.25, 0.3) is 0 Å². The number of anilines is 1. The fraction of sp³-hybridized carbons (Fsp3) is 0.182. The third-order valence-corrected chi connectivity index (χ3v) is 3.08. The highest BCUT2D eigenvalue weighted by molar-refractivity contribution is 7.70. The molecule has 0 aliphatic rings. The van der Waals surface area contributed by atoms with Crippen molar-refractivity contribution in [3.63, 3.8) is 0 Å². The van der Waals surface area contributed by atoms with E-state index in [2.05, 4.69) is 15.4 Å². The quantitative estimate of drug-likeness (QED) is 0.104. The van der Waals surface area contributed by atoms with Gasteiger partial charge in [-0.05, 0) is 18.2 Å². The van der Waals surface area contributed by atoms with E-state index in [0.29, 0.717) is 11.2 Å². The molecule has 0 aliphatic carbocycles. The molecule has 1 rings (SSSR count). The first-order valence-electron chi connectivity index (χ1n) is 6.22. The zero-order valence-corrected chi connectivity index (χ0v) is 12.7. The second kappa shape index (κ2) is 8.24. The van der Waals surface area contributed by atoms with Gasteiger partial charge in [-0.15, -0.1) is 0 Å². The summed E-state index contributed by atoms with van der Waals surface area (Å²) in [6.07, 6.45) is 0. The number of hydrogen-bond donors (Lipinski definition) is 7. The molecule has 0 fully saturated rings. The lowest BCUT2D eigenvalue weighted by Gasteiger charge is -2.12. The Morgan fingerprint density at radius 1 is 1.18 bits per heavy atom. The summed E-state index contributed by atoms with van der Waals surface area (Å²) in [4.78, 5) is 0. The lowest BCUT2D eigenvalue weighted by Crippen LogP contribution is -2.40. The maximum Gasteiger partial charge on any atom is 0.201 e. The van der Waals surface area contributed by atoms with Crippen LogP contribution in [0.2, 0.25) is 0 Å². The first kappa shape index (κ1) is 17.8. The highest BCUT2D eigenvalue weighted by Crippen LogP contribution is 2.06. The SMILES string of the molecule is Bc1cc(NC(=N)C(=N)C(=N)NCCN[SH](=O)=O)ccc1F. The average molecular weight is 326 g/mol. The molecule has 0 spiro atoms. The Labute approximate surface area is 129 Å². The van der Waals surface area contributed by atoms with Crippen LogP contribution in [0, 0.1) is 22.0 Å². The van der Waals surface area contributed by atoms with Crippen molar-refractivity contribution in [2.45, 2.75) is 0 Å². The Morgan fingerprint density at radius 3 is 2.45 bits per heavy atom. The van der Waals surface area contributed by atoms with Crippen molar-refractivity contribution in [3.8, 4) is 0 Å². The van der Waals surface area contributed by atoms with E-state index in [0.717, 1.165) is 0 Å². The number of benzene rings is 1. The molecule has 11 heteroatoms. The number of amidine groups is 2. The minimum absolute atomic E-state index is 0.0757. The van der Waals surface area contributed by atoms with E-state index in [9.17, 15) is 12.8 Å². The van der Waals surface area contributed by atoms with Crippen LogP contribution in [0.4, 0.5) is 10.1 Å². The third kappa shape index (κ3) is 5.62. The molecule has 0 bridgehead atoms. The molecule has 1 aromatic rings. The molecular formula is C11H16BFN6O2S. The van der Waals surface area contributed by atoms with Crippen LogP contribution in [0.15, 0.2) is 18.2 Å². The number of nitrogens with one attached hydrogen (secondary N) is 6. The number of halogens is 1. The van der Waals surface area contributed by atoms with Crippen molar-refractivity contribution >= 4 is 47.3 Å². The zero-order chi connectivity index (χ0) is 16.7. The molecule has 0 amide bonds. The fourth-order valence-electron chi connectivity index (χ4n) is 1.48. The first-order chi connectivity index (χ1) is 10.3. The molecule has 6 N–H and O–H groups in total. The Morgan fingerprint density at radius 2 is 1.86 bits per heavy atom. The van der Waals surface area contributed by atoms with Gasteiger partial charge in [-0.1, -0.05) is 5.46 Å². The normalized spacial score (nSPS) is 10.3. The van der Waals surface area contributed by atoms with Crippen LogP contribution < -0.4 is 20.8 Å². The maximum absolute atomic E-state index is 13.1. The number of rotatable bonds is 7. The van der Waals surface area contributed by atoms with Gasteiger partial charge in [0.15, 0.2) is 5.84 Å². The predicted octanol–water partition coefficient (Wildman–Crippen LogP) is -1.82. The van der Waals surface area contributed by atoms with Crippen molar-refractivity contribution < 1.29 is 12.8 Å². The van der Waals surface area contributed by atoms with E-state index in [1.54, 1.807) is 7.85 Å². The van der Waals surface area contributed by atoms with Crippen LogP contribution in [-0.2, 0) is 10.9 Å². The lowest BCUT2D eigenvalue weighted by atomic mass is 9.95. The summed E-state index contributed by atoms with van der Waals surface area (Å²) >= 11 is 0. The molecule has 0 heterocycles. The standard InChI is InChI=1S/C11H16BFN6O2S/c12-7-5-6(1-2-8(7)13)19-11(16)9(14)10(15)17-3-4-18-22(20)21/h1-2,5,14,22H,3-4,12H2,(H2,15,17)(H2,16,19)(H,18,20,21). The highest BCUT2D eigenvalue weighted by Gasteiger charge is 2.11. The van der Waals surface area contributed by atoms with Crippen LogP contribution in [0.3, 0.4) is 0 Å². The van der Waals surface area contributed by atoms with Gasteiger partial charge in [0.2, 0.25) is 10.9 Å². The third-order valence-electron chi connectivity index (χ3n) is 2.59. The van der Waals surface area contributed by atoms with Gasteiger partial charge in [0.05, 0.1) is 0 Å². The summed E-state index contributed by atoms with van der Waals surface area (Å²) < 4.78 is 35.8. The fourth-order valence-corrected chi connectivity index (χ4v) is 1.77. The molecule has 0 saturated heterocycles. The van der Waals surface area contributed by atoms with E-state index in [4.69, 9.17) is 16.2 Å². The van der Waals surface area contributed by atoms with Gasteiger partial charge < -0.3 is 10.6 Å². The van der Waals surface area contributed by atoms with E-state index in [-0.39, 0.29) is 30.6 Å². The van der Waals surface area contributed by atoms with Crippen molar-refractivity contribution in [1.82, 2.24) is 10.0 Å². The largest absolute Gasteiger partial charge is 0.367 e. The minimum atomic E-state index is -2.70. The second-order valence-corrected chi connectivity index (χ2v) is 5.14. The molecule has 0 unspecified atom stereocenters. The summed E-state index contributed by atoms with van der Waals surface area (Å²) in [5.41, 5.74) is 0.440. The topological polar surface area (TPSA) is 142 Å². The lowest BCUT2D eigenvalue weighted by molar-refractivity contribution is 0.601. The van der Waals surface area contributed by atoms with Crippen molar-refractivity contribution in [1.29, 1.82) is 16.2 Å². The monoisotopic (exact) mass is 326 g/mol. The van der Waals surface area contributed by atoms with E-state index >= 15 is 0 Å². The molecule has 0 aromatic heterocycles. The Bertz CT molecular complexity index is 671. The molecule has 0 atom stereocenters. The Kier molecular flexibility index (Phi) is 6.66. The van der Waals surface area contributed by atoms with Crippen molar-refractivity contribution in [3.05, 3.63) is 24.0 Å². The van der Waals surface area contributed by atoms with Crippen molar-refractivity contribution in [2.75, 3.05) is 18.4 Å². The molecule has 0 radical (unpaired) electrons. The maximum atomic E-state index is 13.1. The van der Waals surface area contributed by atoms with Gasteiger partial charge in [0.25, 0.3) is 0 Å². The van der Waals surface area contributed by atoms with Gasteiger partial charge in [0.1, 0.15) is 25.2 Å². The summed E-state index contributed by atoms with van der Waals surface area (Å²) in [5.74, 6) is -1.02. The first-order valence-corrected chi connectivity index (χ1v) is 7.40. The summed E-state index contributed by atoms with van der Waals surface area (Å²) in [6, 6.07) is 4.16. The smallest absolute Gasteiger partial charge is 0.201 e. The van der Waals surface area contributed by atoms with Crippen LogP contribution in [0.5, 0.6) is 0 Å². The number of thiol groups is 1. The molecule has 1 aromatic carbocycles. The van der Waals surface area contributed by atoms with E-state index < -0.39 is 16.6 Å². The van der Waals surface area contributed by atoms with Gasteiger partial charge in [-0.25, -0.2) is 17.5 Å². The van der Waals surface area contributed by atoms with Crippen LogP contribution in [-0.4, -0.2) is 46.7 Å². The molecule has 0 aliphatic heterocycles. The number of hydrogen-bond acceptors (Lipinski definition) is 5. The van der Waals surface area contributed by atoms with E-state index in [1.165, 1.54) is 18.2 Å². The predicted molar refractivity (Wildman–Crippen MR) is 87.7 cm³/mol. The Hall–Kier alpha value is -2.27. The molecule has 8 nitrogen and oxygen atoms in total. The Balaban J connectivity index is 2.51. The van der Waals surface area contributed by atoms with Crippen LogP contribution >= 0.6 is 0 Å². The summed E-state index contributed by atoms with van der Waals surface area (Å²) in [6.45, 7) is 0.194. The highest BCUT2D eigenvalue weighted by atomic mass is 32.2. The summed E-state index contributed by atoms with van der Waals surface area (Å²) in [5, 5.41) is 28.1. The summed E-state index contributed by atoms with van der Waals surface area (Å²) in [7, 11) is -1.12. The van der Waals surface area contributed by atoms with E-state index in [1.807, 2.05) is 0 Å². The van der Waals surface area contributed by atoms with Gasteiger partial charge in [-0.3, -0.25) is 16.2 Å². The van der Waals surface area contributed by atoms with Gasteiger partial charge >= 0.3 is 0 Å².